The van der Waals surface area contributed by atoms with Gasteiger partial charge in [-0.25, -0.2) is 0 Å². The summed E-state index contributed by atoms with van der Waals surface area (Å²) in [5, 5.41) is 9.30. The number of likely N-dealkylation sites (N-methyl/N-ethyl adjacent to an activating group) is 1. The predicted octanol–water partition coefficient (Wildman–Crippen LogP) is 2.51. The molecule has 0 aliphatic heterocycles. The van der Waals surface area contributed by atoms with Crippen LogP contribution in [0.4, 0.5) is 0 Å². The third kappa shape index (κ3) is 3.01. The lowest BCUT2D eigenvalue weighted by atomic mass is 9.97. The van der Waals surface area contributed by atoms with E-state index in [0.29, 0.717) is 17.2 Å². The van der Waals surface area contributed by atoms with E-state index in [9.17, 15) is 9.90 Å². The van der Waals surface area contributed by atoms with E-state index in [4.69, 9.17) is 4.74 Å². The Kier molecular flexibility index (Phi) is 4.73. The zero-order chi connectivity index (χ0) is 13.9. The maximum absolute atomic E-state index is 11.3. The largest absolute Gasteiger partial charge is 0.496 e. The molecule has 1 rings (SSSR count). The summed E-state index contributed by atoms with van der Waals surface area (Å²) in [6.07, 6.45) is 0. The molecule has 4 heteroatoms. The van der Waals surface area contributed by atoms with Crippen molar-refractivity contribution in [3.63, 3.8) is 0 Å². The first-order valence-electron chi connectivity index (χ1n) is 5.95. The fourth-order valence-corrected chi connectivity index (χ4v) is 1.94. The molecule has 0 saturated carbocycles. The van der Waals surface area contributed by atoms with Crippen LogP contribution in [0.1, 0.15) is 36.9 Å². The molecule has 0 aliphatic rings. The molecule has 1 aromatic carbocycles. The van der Waals surface area contributed by atoms with Crippen molar-refractivity contribution in [3.8, 4) is 5.75 Å². The van der Waals surface area contributed by atoms with E-state index in [1.807, 2.05) is 18.2 Å². The summed E-state index contributed by atoms with van der Waals surface area (Å²) in [6, 6.07) is 5.02. The smallest absolute Gasteiger partial charge is 0.325 e. The Hall–Kier alpha value is -1.55. The van der Waals surface area contributed by atoms with Gasteiger partial charge in [-0.2, -0.15) is 0 Å². The standard InChI is InChI=1S/C14H21NO3/c1-9(2)10-6-7-11(12(8-10)18-5)13(14(16)17)15(3)4/h6-9,13H,1-5H3,(H,16,17). The quantitative estimate of drug-likeness (QED) is 0.873. The Morgan fingerprint density at radius 1 is 1.33 bits per heavy atom. The van der Waals surface area contributed by atoms with Crippen molar-refractivity contribution < 1.29 is 14.6 Å². The molecule has 0 radical (unpaired) electrons. The van der Waals surface area contributed by atoms with Gasteiger partial charge in [0, 0.05) is 5.56 Å². The van der Waals surface area contributed by atoms with Crippen LogP contribution in [0.25, 0.3) is 0 Å². The Morgan fingerprint density at radius 2 is 1.94 bits per heavy atom. The molecule has 1 unspecified atom stereocenters. The summed E-state index contributed by atoms with van der Waals surface area (Å²) in [4.78, 5) is 13.0. The van der Waals surface area contributed by atoms with Crippen LogP contribution in [0.2, 0.25) is 0 Å². The number of benzene rings is 1. The van der Waals surface area contributed by atoms with Crippen LogP contribution in [0.15, 0.2) is 18.2 Å². The number of aliphatic carboxylic acids is 1. The molecular formula is C14H21NO3. The predicted molar refractivity (Wildman–Crippen MR) is 71.1 cm³/mol. The number of carboxylic acid groups (broad SMARTS) is 1. The van der Waals surface area contributed by atoms with Crippen molar-refractivity contribution in [2.45, 2.75) is 25.8 Å². The topological polar surface area (TPSA) is 49.8 Å². The van der Waals surface area contributed by atoms with Gasteiger partial charge in [-0.1, -0.05) is 26.0 Å². The molecule has 0 heterocycles. The normalized spacial score (nSPS) is 12.8. The van der Waals surface area contributed by atoms with Gasteiger partial charge in [0.2, 0.25) is 0 Å². The van der Waals surface area contributed by atoms with Gasteiger partial charge in [0.25, 0.3) is 0 Å². The maximum Gasteiger partial charge on any atom is 0.325 e. The van der Waals surface area contributed by atoms with E-state index >= 15 is 0 Å². The van der Waals surface area contributed by atoms with E-state index in [1.54, 1.807) is 26.1 Å². The fraction of sp³-hybridized carbons (Fsp3) is 0.500. The number of ether oxygens (including phenoxy) is 1. The van der Waals surface area contributed by atoms with Crippen LogP contribution in [0, 0.1) is 0 Å². The van der Waals surface area contributed by atoms with Crippen molar-refractivity contribution in [1.29, 1.82) is 0 Å². The van der Waals surface area contributed by atoms with Gasteiger partial charge < -0.3 is 9.84 Å². The van der Waals surface area contributed by atoms with Crippen molar-refractivity contribution in [2.75, 3.05) is 21.2 Å². The molecular weight excluding hydrogens is 230 g/mol. The second-order valence-corrected chi connectivity index (χ2v) is 4.86. The molecule has 1 N–H and O–H groups in total. The molecule has 18 heavy (non-hydrogen) atoms. The van der Waals surface area contributed by atoms with Crippen LogP contribution in [-0.2, 0) is 4.79 Å². The number of nitrogens with zero attached hydrogens (tertiary/aromatic N) is 1. The van der Waals surface area contributed by atoms with Gasteiger partial charge in [0.05, 0.1) is 7.11 Å². The Morgan fingerprint density at radius 3 is 2.33 bits per heavy atom. The summed E-state index contributed by atoms with van der Waals surface area (Å²) < 4.78 is 5.33. The van der Waals surface area contributed by atoms with Crippen molar-refractivity contribution in [1.82, 2.24) is 4.90 Å². The van der Waals surface area contributed by atoms with Gasteiger partial charge in [0.15, 0.2) is 0 Å². The molecule has 4 nitrogen and oxygen atoms in total. The lowest BCUT2D eigenvalue weighted by Gasteiger charge is -2.23. The lowest BCUT2D eigenvalue weighted by molar-refractivity contribution is -0.142. The fourth-order valence-electron chi connectivity index (χ4n) is 1.94. The minimum absolute atomic E-state index is 0.385. The van der Waals surface area contributed by atoms with Crippen molar-refractivity contribution in [2.24, 2.45) is 0 Å². The highest BCUT2D eigenvalue weighted by Crippen LogP contribution is 2.31. The second kappa shape index (κ2) is 5.87. The summed E-state index contributed by atoms with van der Waals surface area (Å²) in [5.74, 6) is 0.133. The lowest BCUT2D eigenvalue weighted by Crippen LogP contribution is -2.27. The molecule has 0 fully saturated rings. The minimum Gasteiger partial charge on any atom is -0.496 e. The molecule has 0 saturated heterocycles. The van der Waals surface area contributed by atoms with Crippen LogP contribution in [0.3, 0.4) is 0 Å². The molecule has 100 valence electrons. The van der Waals surface area contributed by atoms with Gasteiger partial charge in [0.1, 0.15) is 11.8 Å². The maximum atomic E-state index is 11.3. The average molecular weight is 251 g/mol. The van der Waals surface area contributed by atoms with E-state index in [0.717, 1.165) is 5.56 Å². The van der Waals surface area contributed by atoms with Crippen molar-refractivity contribution >= 4 is 5.97 Å². The summed E-state index contributed by atoms with van der Waals surface area (Å²) in [6.45, 7) is 4.18. The van der Waals surface area contributed by atoms with E-state index in [-0.39, 0.29) is 0 Å². The summed E-state index contributed by atoms with van der Waals surface area (Å²) in [7, 11) is 5.06. The van der Waals surface area contributed by atoms with Crippen molar-refractivity contribution in [3.05, 3.63) is 29.3 Å². The SMILES string of the molecule is COc1cc(C(C)C)ccc1C(C(=O)O)N(C)C. The monoisotopic (exact) mass is 251 g/mol. The van der Waals surface area contributed by atoms with Crippen LogP contribution >= 0.6 is 0 Å². The van der Waals surface area contributed by atoms with Crippen LogP contribution in [0.5, 0.6) is 5.75 Å². The second-order valence-electron chi connectivity index (χ2n) is 4.86. The number of hydrogen-bond acceptors (Lipinski definition) is 3. The minimum atomic E-state index is -0.879. The zero-order valence-corrected chi connectivity index (χ0v) is 11.6. The van der Waals surface area contributed by atoms with E-state index in [2.05, 4.69) is 13.8 Å². The molecule has 0 bridgehead atoms. The van der Waals surface area contributed by atoms with Crippen LogP contribution < -0.4 is 4.74 Å². The zero-order valence-electron chi connectivity index (χ0n) is 11.6. The number of methoxy groups -OCH3 is 1. The molecule has 0 aromatic heterocycles. The number of hydrogen-bond donors (Lipinski definition) is 1. The Bertz CT molecular complexity index is 427. The molecule has 1 aromatic rings. The Labute approximate surface area is 108 Å². The van der Waals surface area contributed by atoms with Gasteiger partial charge in [-0.3, -0.25) is 9.69 Å². The van der Waals surface area contributed by atoms with E-state index < -0.39 is 12.0 Å². The Balaban J connectivity index is 3.27. The number of carbonyl (C=O) groups is 1. The third-order valence-corrected chi connectivity index (χ3v) is 2.97. The molecule has 0 amide bonds. The highest BCUT2D eigenvalue weighted by molar-refractivity contribution is 5.76. The van der Waals surface area contributed by atoms with Gasteiger partial charge >= 0.3 is 5.97 Å². The number of carboxylic acids is 1. The highest BCUT2D eigenvalue weighted by atomic mass is 16.5. The highest BCUT2D eigenvalue weighted by Gasteiger charge is 2.25. The van der Waals surface area contributed by atoms with E-state index in [1.165, 1.54) is 0 Å². The first-order chi connectivity index (χ1) is 8.38. The summed E-state index contributed by atoms with van der Waals surface area (Å²) >= 11 is 0. The number of rotatable bonds is 5. The van der Waals surface area contributed by atoms with Gasteiger partial charge in [-0.15, -0.1) is 0 Å². The molecule has 0 spiro atoms. The van der Waals surface area contributed by atoms with Gasteiger partial charge in [-0.05, 0) is 31.6 Å². The first kappa shape index (κ1) is 14.5. The summed E-state index contributed by atoms with van der Waals surface area (Å²) in [5.41, 5.74) is 1.82. The first-order valence-corrected chi connectivity index (χ1v) is 5.95. The molecule has 0 aliphatic carbocycles. The average Bonchev–Trinajstić information content (AvgIpc) is 2.28. The molecule has 1 atom stereocenters. The third-order valence-electron chi connectivity index (χ3n) is 2.97. The van der Waals surface area contributed by atoms with Crippen LogP contribution in [-0.4, -0.2) is 37.2 Å².